The first-order valence-electron chi connectivity index (χ1n) is 17.3. The lowest BCUT2D eigenvalue weighted by atomic mass is 9.75. The summed E-state index contributed by atoms with van der Waals surface area (Å²) in [5.74, 6) is -1.20. The van der Waals surface area contributed by atoms with Gasteiger partial charge in [0.1, 0.15) is 16.7 Å². The van der Waals surface area contributed by atoms with E-state index in [2.05, 4.69) is 49.6 Å². The molecule has 0 saturated heterocycles. The SMILES string of the molecule is CCCC[N+]1=C(/C=C/C=C/C=C2/N(CCCS(=O)(=O)O)c3ccc(S(=O)(=O)[O-])cc3C2(C)C)C(C)(CCCCCC(=O)O)c2cc(C)ccc21. The summed E-state index contributed by atoms with van der Waals surface area (Å²) in [6.07, 6.45) is 15.6. The van der Waals surface area contributed by atoms with E-state index >= 15 is 0 Å². The molecule has 0 aromatic heterocycles. The normalized spacial score (nSPS) is 19.7. The van der Waals surface area contributed by atoms with Gasteiger partial charge in [-0.2, -0.15) is 13.0 Å². The van der Waals surface area contributed by atoms with E-state index in [4.69, 9.17) is 5.11 Å². The molecule has 1 unspecified atom stereocenters. The van der Waals surface area contributed by atoms with Crippen LogP contribution in [0.25, 0.3) is 0 Å². The fourth-order valence-corrected chi connectivity index (χ4v) is 8.22. The van der Waals surface area contributed by atoms with Crippen LogP contribution in [0.3, 0.4) is 0 Å². The molecule has 2 N–H and O–H groups in total. The number of carbonyl (C=O) groups is 1. The molecule has 12 heteroatoms. The monoisotopic (exact) mass is 726 g/mol. The Balaban J connectivity index is 1.68. The number of hydrogen-bond acceptors (Lipinski definition) is 7. The molecule has 0 saturated carbocycles. The van der Waals surface area contributed by atoms with E-state index in [-0.39, 0.29) is 29.7 Å². The van der Waals surface area contributed by atoms with Crippen molar-refractivity contribution in [2.24, 2.45) is 0 Å². The number of aryl methyl sites for hydroxylation is 1. The highest BCUT2D eigenvalue weighted by Crippen LogP contribution is 2.49. The van der Waals surface area contributed by atoms with E-state index in [0.717, 1.165) is 44.3 Å². The molecular formula is C38H50N2O8S2. The Morgan fingerprint density at radius 2 is 1.68 bits per heavy atom. The highest BCUT2D eigenvalue weighted by atomic mass is 32.2. The van der Waals surface area contributed by atoms with Gasteiger partial charge in [-0.15, -0.1) is 0 Å². The Kier molecular flexibility index (Phi) is 12.4. The first-order valence-corrected chi connectivity index (χ1v) is 20.3. The minimum atomic E-state index is -4.69. The predicted molar refractivity (Wildman–Crippen MR) is 196 cm³/mol. The molecule has 2 aliphatic rings. The van der Waals surface area contributed by atoms with Gasteiger partial charge in [-0.1, -0.05) is 69.9 Å². The van der Waals surface area contributed by atoms with Crippen LogP contribution < -0.4 is 4.90 Å². The third-order valence-corrected chi connectivity index (χ3v) is 11.5. The van der Waals surface area contributed by atoms with Crippen molar-refractivity contribution in [3.8, 4) is 0 Å². The zero-order chi connectivity index (χ0) is 36.9. The number of benzene rings is 2. The first-order chi connectivity index (χ1) is 23.4. The molecular weight excluding hydrogens is 677 g/mol. The van der Waals surface area contributed by atoms with Gasteiger partial charge in [-0.05, 0) is 69.0 Å². The molecule has 0 radical (unpaired) electrons. The Labute approximate surface area is 297 Å². The van der Waals surface area contributed by atoms with Gasteiger partial charge < -0.3 is 14.6 Å². The van der Waals surface area contributed by atoms with Gasteiger partial charge in [0.05, 0.1) is 16.1 Å². The first kappa shape index (κ1) is 39.2. The van der Waals surface area contributed by atoms with Gasteiger partial charge in [-0.25, -0.2) is 8.42 Å². The molecule has 50 heavy (non-hydrogen) atoms. The lowest BCUT2D eigenvalue weighted by molar-refractivity contribution is -0.438. The zero-order valence-electron chi connectivity index (χ0n) is 29.7. The zero-order valence-corrected chi connectivity index (χ0v) is 31.3. The van der Waals surface area contributed by atoms with Crippen LogP contribution in [0.1, 0.15) is 95.8 Å². The number of nitrogens with zero attached hydrogens (tertiary/aromatic N) is 2. The molecule has 0 spiro atoms. The fourth-order valence-electron chi connectivity index (χ4n) is 7.23. The lowest BCUT2D eigenvalue weighted by Crippen LogP contribution is -2.31. The maximum absolute atomic E-state index is 11.8. The van der Waals surface area contributed by atoms with E-state index in [9.17, 15) is 30.7 Å². The molecule has 0 amide bonds. The molecule has 272 valence electrons. The third-order valence-electron chi connectivity index (χ3n) is 9.86. The molecule has 0 fully saturated rings. The minimum absolute atomic E-state index is 0.137. The highest BCUT2D eigenvalue weighted by Gasteiger charge is 2.47. The number of unbranched alkanes of at least 4 members (excludes halogenated alkanes) is 3. The van der Waals surface area contributed by atoms with Gasteiger partial charge in [0.15, 0.2) is 5.71 Å². The van der Waals surface area contributed by atoms with Crippen molar-refractivity contribution >= 4 is 43.3 Å². The number of carboxylic acid groups (broad SMARTS) is 1. The number of fused-ring (bicyclic) bond motifs is 2. The van der Waals surface area contributed by atoms with Crippen LogP contribution in [-0.2, 0) is 35.9 Å². The van der Waals surface area contributed by atoms with E-state index in [1.165, 1.54) is 34.7 Å². The number of rotatable bonds is 17. The quantitative estimate of drug-likeness (QED) is 0.0748. The van der Waals surface area contributed by atoms with Crippen LogP contribution in [0.15, 0.2) is 77.4 Å². The summed E-state index contributed by atoms with van der Waals surface area (Å²) < 4.78 is 70.2. The Hall–Kier alpha value is -3.58. The van der Waals surface area contributed by atoms with E-state index in [1.807, 2.05) is 43.1 Å². The molecule has 2 aromatic rings. The number of anilines is 1. The van der Waals surface area contributed by atoms with Crippen molar-refractivity contribution < 1.29 is 40.4 Å². The third kappa shape index (κ3) is 9.01. The minimum Gasteiger partial charge on any atom is -0.744 e. The van der Waals surface area contributed by atoms with Gasteiger partial charge in [-0.3, -0.25) is 9.35 Å². The van der Waals surface area contributed by atoms with Crippen molar-refractivity contribution in [3.05, 3.63) is 89.2 Å². The van der Waals surface area contributed by atoms with Gasteiger partial charge in [0.25, 0.3) is 10.1 Å². The van der Waals surface area contributed by atoms with Gasteiger partial charge in [0, 0.05) is 53.9 Å². The number of allylic oxidation sites excluding steroid dienone is 6. The Bertz CT molecular complexity index is 1940. The number of carboxylic acids is 1. The summed E-state index contributed by atoms with van der Waals surface area (Å²) in [4.78, 5) is 12.7. The molecule has 0 bridgehead atoms. The molecule has 0 aliphatic carbocycles. The molecule has 2 aromatic carbocycles. The maximum Gasteiger partial charge on any atom is 0.303 e. The van der Waals surface area contributed by atoms with E-state index in [0.29, 0.717) is 17.7 Å². The van der Waals surface area contributed by atoms with Crippen molar-refractivity contribution in [2.45, 2.75) is 102 Å². The van der Waals surface area contributed by atoms with Crippen molar-refractivity contribution in [3.63, 3.8) is 0 Å². The highest BCUT2D eigenvalue weighted by molar-refractivity contribution is 7.86. The topological polar surface area (TPSA) is 155 Å². The summed E-state index contributed by atoms with van der Waals surface area (Å²) >= 11 is 0. The average molecular weight is 727 g/mol. The van der Waals surface area contributed by atoms with Crippen molar-refractivity contribution in [1.82, 2.24) is 0 Å². The van der Waals surface area contributed by atoms with Crippen LogP contribution >= 0.6 is 0 Å². The second kappa shape index (κ2) is 15.8. The largest absolute Gasteiger partial charge is 0.744 e. The number of aliphatic carboxylic acids is 1. The second-order valence-electron chi connectivity index (χ2n) is 14.0. The summed E-state index contributed by atoms with van der Waals surface area (Å²) in [6, 6.07) is 10.8. The summed E-state index contributed by atoms with van der Waals surface area (Å²) in [5, 5.41) is 9.10. The van der Waals surface area contributed by atoms with E-state index in [1.54, 1.807) is 6.07 Å². The Morgan fingerprint density at radius 1 is 0.940 bits per heavy atom. The molecule has 10 nitrogen and oxygen atoms in total. The second-order valence-corrected chi connectivity index (χ2v) is 17.0. The lowest BCUT2D eigenvalue weighted by Gasteiger charge is -2.27. The number of hydrogen-bond donors (Lipinski definition) is 2. The standard InChI is InChI=1S/C38H50N2O8S2/c1-6-7-23-40-33-20-18-28(2)26-31(33)38(5,22-13-9-12-17-36(41)42)35(40)16-11-8-10-15-34-37(3,4)30-27-29(50(46,47)48)19-21-32(30)39(34)24-14-25-49(43,44)45/h8,10-11,15-16,18-21,26-27H,6-7,9,12-14,17,22-25H2,1-5H3,(H2-,41,42,43,44,45,46,47,48). The van der Waals surface area contributed by atoms with Crippen LogP contribution in [-0.4, -0.2) is 66.1 Å². The predicted octanol–water partition coefficient (Wildman–Crippen LogP) is 7.16. The molecule has 4 rings (SSSR count). The average Bonchev–Trinajstić information content (AvgIpc) is 3.37. The fraction of sp³-hybridized carbons (Fsp3) is 0.474. The molecule has 1 atom stereocenters. The Morgan fingerprint density at radius 3 is 2.34 bits per heavy atom. The van der Waals surface area contributed by atoms with Crippen LogP contribution in [0.4, 0.5) is 11.4 Å². The van der Waals surface area contributed by atoms with Crippen molar-refractivity contribution in [1.29, 1.82) is 0 Å². The van der Waals surface area contributed by atoms with Crippen LogP contribution in [0.5, 0.6) is 0 Å². The summed E-state index contributed by atoms with van der Waals surface area (Å²) in [7, 11) is -8.86. The van der Waals surface area contributed by atoms with Crippen LogP contribution in [0, 0.1) is 6.92 Å². The summed E-state index contributed by atoms with van der Waals surface area (Å²) in [5.41, 5.74) is 5.99. The maximum atomic E-state index is 11.8. The van der Waals surface area contributed by atoms with Gasteiger partial charge >= 0.3 is 5.97 Å². The van der Waals surface area contributed by atoms with Crippen LogP contribution in [0.2, 0.25) is 0 Å². The van der Waals surface area contributed by atoms with E-state index < -0.39 is 37.4 Å². The van der Waals surface area contributed by atoms with Crippen molar-refractivity contribution in [2.75, 3.05) is 23.7 Å². The smallest absolute Gasteiger partial charge is 0.303 e. The molecule has 2 heterocycles. The summed E-state index contributed by atoms with van der Waals surface area (Å²) in [6.45, 7) is 11.5. The molecule has 2 aliphatic heterocycles. The van der Waals surface area contributed by atoms with Gasteiger partial charge in [0.2, 0.25) is 5.69 Å².